The van der Waals surface area contributed by atoms with Gasteiger partial charge < -0.3 is 126 Å². The summed E-state index contributed by atoms with van der Waals surface area (Å²) in [6.45, 7) is -1.29. The highest BCUT2D eigenvalue weighted by molar-refractivity contribution is 8.00. The lowest BCUT2D eigenvalue weighted by Crippen LogP contribution is -2.61. The maximum Gasteiger partial charge on any atom is 0.245 e. The number of carbonyl (C=O) groups is 14. The molecule has 1 saturated heterocycles. The Morgan fingerprint density at radius 2 is 1.02 bits per heavy atom. The molecule has 1 aliphatic heterocycles. The number of aryl methyl sites for hydroxylation is 1. The number of aromatic nitrogens is 6. The molecule has 8 rings (SSSR count). The van der Waals surface area contributed by atoms with Crippen molar-refractivity contribution in [3.8, 4) is 11.5 Å². The minimum Gasteiger partial charge on any atom is -0.508 e. The van der Waals surface area contributed by atoms with E-state index in [2.05, 4.69) is 99.4 Å². The number of H-pyrrole nitrogens is 2. The van der Waals surface area contributed by atoms with E-state index in [-0.39, 0.29) is 100 Å². The van der Waals surface area contributed by atoms with Gasteiger partial charge in [-0.05, 0) is 83.8 Å². The number of nitrogens with two attached hydrogens (primary N) is 3. The second kappa shape index (κ2) is 47.0. The second-order valence-electron chi connectivity index (χ2n) is 29.0. The number of fused-ring (bicyclic) bond motifs is 1. The first kappa shape index (κ1) is 94.3. The maximum absolute atomic E-state index is 15.4. The zero-order chi connectivity index (χ0) is 89.2. The number of aromatic hydroxyl groups is 2. The molecule has 1 fully saturated rings. The van der Waals surface area contributed by atoms with Gasteiger partial charge in [0.25, 0.3) is 0 Å². The van der Waals surface area contributed by atoms with Crippen LogP contribution in [0.3, 0.4) is 0 Å². The number of hydrogen-bond donors (Lipinski definition) is 24. The SMILES string of the molecule is CCC1NC(=O)C(Cc2ccc(O)cc2)NC(=O)CSCC(C(=O)NCC(N)=O)NC(=O)C(Cc2cncn2C)NC(=O)C(CCCNC(=N)N)NC(=O)C(Cc2c[nH]cn2)NC(=O)C(Cc2ccc(O)cc2)N(C)C(=O)C(CCCNC(=N)N)NC(=O)C(CO)NC(=O)CNC(=O)C(Cc2c[nH]cn2)NC(=O)C(Cc2cccc3ccccc23)NC1=O. The minimum atomic E-state index is -1.86. The van der Waals surface area contributed by atoms with Crippen molar-refractivity contribution >= 4 is 117 Å². The zero-order valence-electron chi connectivity index (χ0n) is 67.6. The summed E-state index contributed by atoms with van der Waals surface area (Å²) in [5.41, 5.74) is 18.7. The van der Waals surface area contributed by atoms with Crippen molar-refractivity contribution in [1.82, 2.24) is 109 Å². The summed E-state index contributed by atoms with van der Waals surface area (Å²) >= 11 is 0.766. The number of primary amides is 1. The van der Waals surface area contributed by atoms with Crippen LogP contribution in [0, 0.1) is 10.8 Å². The number of likely N-dealkylation sites (N-methyl/N-ethyl adjacent to an activating group) is 1. The molecule has 0 bridgehead atoms. The predicted molar refractivity (Wildman–Crippen MR) is 447 cm³/mol. The molecule has 27 N–H and O–H groups in total. The molecule has 44 heteroatoms. The van der Waals surface area contributed by atoms with E-state index < -0.39 is 199 Å². The van der Waals surface area contributed by atoms with Crippen molar-refractivity contribution in [3.05, 3.63) is 162 Å². The molecule has 0 aliphatic carbocycles. The molecule has 658 valence electrons. The number of aliphatic hydroxyl groups excluding tert-OH is 1. The van der Waals surface area contributed by atoms with Crippen molar-refractivity contribution in [2.45, 2.75) is 144 Å². The number of carbonyl (C=O) groups excluding carboxylic acids is 14. The Balaban J connectivity index is 1.20. The smallest absolute Gasteiger partial charge is 0.245 e. The fourth-order valence-corrected chi connectivity index (χ4v) is 14.0. The lowest BCUT2D eigenvalue weighted by molar-refractivity contribution is -0.143. The topological polar surface area (TPSA) is 672 Å². The number of imidazole rings is 3. The zero-order valence-corrected chi connectivity index (χ0v) is 68.5. The van der Waals surface area contributed by atoms with E-state index >= 15 is 28.8 Å². The molecule has 0 radical (unpaired) electrons. The van der Waals surface area contributed by atoms with Crippen LogP contribution in [-0.2, 0) is 113 Å². The number of nitrogens with one attached hydrogen (secondary N) is 18. The number of guanidine groups is 2. The monoisotopic (exact) mass is 1720 g/mol. The number of hydrogen-bond acceptors (Lipinski definition) is 23. The largest absolute Gasteiger partial charge is 0.508 e. The molecule has 11 atom stereocenters. The first-order valence-electron chi connectivity index (χ1n) is 39.2. The first-order chi connectivity index (χ1) is 58.8. The van der Waals surface area contributed by atoms with E-state index in [1.165, 1.54) is 97.7 Å². The van der Waals surface area contributed by atoms with Gasteiger partial charge in [-0.2, -0.15) is 0 Å². The molecule has 0 spiro atoms. The van der Waals surface area contributed by atoms with Gasteiger partial charge in [-0.25, -0.2) is 15.0 Å². The van der Waals surface area contributed by atoms with Crippen LogP contribution in [-0.4, -0.2) is 262 Å². The molecule has 3 aromatic heterocycles. The van der Waals surface area contributed by atoms with Gasteiger partial charge in [-0.15, -0.1) is 11.8 Å². The Bertz CT molecular complexity index is 4840. The highest BCUT2D eigenvalue weighted by atomic mass is 32.2. The lowest BCUT2D eigenvalue weighted by atomic mass is 9.97. The Labute approximate surface area is 709 Å². The summed E-state index contributed by atoms with van der Waals surface area (Å²) in [4.78, 5) is 223. The van der Waals surface area contributed by atoms with E-state index in [1.807, 2.05) is 12.1 Å². The molecule has 1 aliphatic rings. The fourth-order valence-electron chi connectivity index (χ4n) is 13.1. The van der Waals surface area contributed by atoms with Crippen LogP contribution in [0.4, 0.5) is 0 Å². The van der Waals surface area contributed by atoms with Crippen molar-refractivity contribution in [2.75, 3.05) is 51.3 Å². The van der Waals surface area contributed by atoms with Gasteiger partial charge in [-0.1, -0.05) is 73.7 Å². The number of rotatable bonds is 25. The molecular weight excluding hydrogens is 1620 g/mol. The summed E-state index contributed by atoms with van der Waals surface area (Å²) in [5, 5.41) is 84.6. The van der Waals surface area contributed by atoms with Crippen LogP contribution in [0.2, 0.25) is 0 Å². The molecule has 7 aromatic rings. The van der Waals surface area contributed by atoms with E-state index in [0.717, 1.165) is 22.0 Å². The standard InChI is InChI=1S/C79H104N26O17S/c1-4-53-69(114)99-57(28-46-12-7-11-45-10-5-6-13-52(45)46)72(117)100-58(29-47-32-85-40-92-47)67(112)91-36-65(110)95-61(37-106)75(120)98-55(15-9-25-89-79(83)84)77(122)105(3)63(27-44-18-22-51(108)23-19-44)76(121)102-59(30-48-33-86-41-93-48)73(118)97-54(14-8-24-88-78(81)82)70(115)101-60(31-49-34-87-42-104(49)2)74(119)103-62(68(113)90-35-64(80)109)38-123-39-66(111)94-56(71(116)96-53)26-43-16-20-50(107)21-17-43/h5-7,10-13,16-23,32-34,40-42,53-63,106-108H,4,8-9,14-15,24-31,35-39H2,1-3H3,(H2,80,109)(H,85,92)(H,86,93)(H,90,113)(H,91,112)(H,94,111)(H,95,110)(H,96,116)(H,97,118)(H,98,120)(H,99,114)(H,100,117)(H,101,115)(H,102,121)(H,103,119)(H4,81,82,88)(H4,83,84,89). The van der Waals surface area contributed by atoms with Crippen molar-refractivity contribution in [2.24, 2.45) is 24.2 Å². The summed E-state index contributed by atoms with van der Waals surface area (Å²) in [5.74, 6) is -16.1. The summed E-state index contributed by atoms with van der Waals surface area (Å²) < 4.78 is 1.52. The van der Waals surface area contributed by atoms with Crippen molar-refractivity contribution < 1.29 is 82.4 Å². The van der Waals surface area contributed by atoms with Crippen LogP contribution in [0.25, 0.3) is 10.8 Å². The normalized spacial score (nSPS) is 21.7. The molecule has 0 saturated carbocycles. The highest BCUT2D eigenvalue weighted by Gasteiger charge is 2.39. The van der Waals surface area contributed by atoms with Gasteiger partial charge >= 0.3 is 0 Å². The molecule has 123 heavy (non-hydrogen) atoms. The Kier molecular flexibility index (Phi) is 36.0. The Hall–Kier alpha value is -14.2. The number of benzene rings is 4. The molecule has 4 aromatic carbocycles. The summed E-state index contributed by atoms with van der Waals surface area (Å²) in [6, 6.07) is 5.76. The number of nitrogens with zero attached hydrogens (tertiary/aromatic N) is 5. The lowest BCUT2D eigenvalue weighted by Gasteiger charge is -2.33. The average molecular weight is 1720 g/mol. The Morgan fingerprint density at radius 1 is 0.528 bits per heavy atom. The molecular formula is C79H104N26O17S. The van der Waals surface area contributed by atoms with Gasteiger partial charge in [0.1, 0.15) is 78.0 Å². The average Bonchev–Trinajstić information content (AvgIpc) is 1.25. The first-order valence-corrected chi connectivity index (χ1v) is 40.4. The van der Waals surface area contributed by atoms with Crippen molar-refractivity contribution in [1.29, 1.82) is 10.8 Å². The quantitative estimate of drug-likeness (QED) is 0.0144. The number of phenolic OH excluding ortho intramolecular Hbond substituents is 2. The van der Waals surface area contributed by atoms with Gasteiger partial charge in [0.2, 0.25) is 82.7 Å². The third-order valence-electron chi connectivity index (χ3n) is 19.7. The van der Waals surface area contributed by atoms with E-state index in [1.54, 1.807) is 44.3 Å². The molecule has 14 amide bonds. The van der Waals surface area contributed by atoms with Crippen LogP contribution < -0.4 is 91.6 Å². The third-order valence-corrected chi connectivity index (χ3v) is 20.8. The molecule has 4 heterocycles. The minimum absolute atomic E-state index is 0.00439. The van der Waals surface area contributed by atoms with Gasteiger partial charge in [0.15, 0.2) is 11.9 Å². The van der Waals surface area contributed by atoms with Crippen LogP contribution in [0.5, 0.6) is 11.5 Å². The highest BCUT2D eigenvalue weighted by Crippen LogP contribution is 2.22. The van der Waals surface area contributed by atoms with Crippen LogP contribution in [0.1, 0.15) is 72.8 Å². The van der Waals surface area contributed by atoms with E-state index in [4.69, 9.17) is 28.0 Å². The van der Waals surface area contributed by atoms with E-state index in [9.17, 15) is 53.7 Å². The second-order valence-corrected chi connectivity index (χ2v) is 30.0. The van der Waals surface area contributed by atoms with Crippen LogP contribution >= 0.6 is 11.8 Å². The number of aliphatic hydroxyl groups is 1. The summed E-state index contributed by atoms with van der Waals surface area (Å²) in [7, 11) is 2.80. The maximum atomic E-state index is 15.4. The van der Waals surface area contributed by atoms with Gasteiger partial charge in [0, 0.05) is 95.7 Å². The Morgan fingerprint density at radius 3 is 1.58 bits per heavy atom. The van der Waals surface area contributed by atoms with Gasteiger partial charge in [0.05, 0.1) is 55.8 Å². The molecule has 43 nitrogen and oxygen atoms in total. The van der Waals surface area contributed by atoms with E-state index in [0.29, 0.717) is 27.8 Å². The summed E-state index contributed by atoms with van der Waals surface area (Å²) in [6.07, 6.45) is 5.62. The number of amides is 14. The third kappa shape index (κ3) is 29.9. The molecule has 11 unspecified atom stereocenters. The number of aromatic amines is 2. The number of thioether (sulfide) groups is 1. The van der Waals surface area contributed by atoms with Gasteiger partial charge in [-0.3, -0.25) is 77.9 Å². The fraction of sp³-hybridized carbons (Fsp3) is 0.405. The number of phenols is 2. The van der Waals surface area contributed by atoms with Crippen LogP contribution in [0.15, 0.2) is 129 Å². The van der Waals surface area contributed by atoms with Crippen molar-refractivity contribution in [3.63, 3.8) is 0 Å². The predicted octanol–water partition coefficient (Wildman–Crippen LogP) is -5.74.